The van der Waals surface area contributed by atoms with Crippen LogP contribution in [0.4, 0.5) is 0 Å². The first-order valence-electron chi connectivity index (χ1n) is 6.25. The monoisotopic (exact) mass is 355 g/mol. The Hall–Kier alpha value is -0.810. The van der Waals surface area contributed by atoms with Crippen LogP contribution in [-0.4, -0.2) is 6.04 Å². The normalized spacial score (nSPS) is 12.6. The van der Waals surface area contributed by atoms with Gasteiger partial charge in [0.2, 0.25) is 0 Å². The maximum atomic E-state index is 5.52. The number of nitrogens with one attached hydrogen (secondary N) is 1. The number of furan rings is 1. The Balaban J connectivity index is 1.71. The highest BCUT2D eigenvalue weighted by Crippen LogP contribution is 2.10. The second kappa shape index (κ2) is 6.95. The summed E-state index contributed by atoms with van der Waals surface area (Å²) in [4.78, 5) is 0. The Labute approximate surface area is 122 Å². The lowest BCUT2D eigenvalue weighted by Gasteiger charge is -2.12. The van der Waals surface area contributed by atoms with Gasteiger partial charge in [0, 0.05) is 6.04 Å². The maximum absolute atomic E-state index is 5.52. The van der Waals surface area contributed by atoms with E-state index in [0.717, 1.165) is 28.9 Å². The molecule has 96 valence electrons. The zero-order valence-electron chi connectivity index (χ0n) is 10.5. The lowest BCUT2D eigenvalue weighted by Crippen LogP contribution is -2.25. The van der Waals surface area contributed by atoms with Crippen molar-refractivity contribution in [2.45, 2.75) is 32.4 Å². The van der Waals surface area contributed by atoms with Crippen LogP contribution in [0.25, 0.3) is 0 Å². The molecule has 0 fully saturated rings. The van der Waals surface area contributed by atoms with Gasteiger partial charge >= 0.3 is 0 Å². The van der Waals surface area contributed by atoms with Crippen molar-refractivity contribution in [2.75, 3.05) is 0 Å². The molecule has 0 spiro atoms. The third-order valence-corrected chi connectivity index (χ3v) is 3.54. The summed E-state index contributed by atoms with van der Waals surface area (Å²) in [6, 6.07) is 15.1. The highest BCUT2D eigenvalue weighted by Gasteiger charge is 2.04. The minimum absolute atomic E-state index is 0.493. The quantitative estimate of drug-likeness (QED) is 0.793. The first-order valence-corrected chi connectivity index (χ1v) is 7.33. The molecule has 0 aliphatic carbocycles. The molecule has 2 rings (SSSR count). The van der Waals surface area contributed by atoms with E-state index in [1.54, 1.807) is 0 Å². The number of halogens is 1. The van der Waals surface area contributed by atoms with E-state index in [0.29, 0.717) is 6.04 Å². The molecule has 1 atom stereocenters. The van der Waals surface area contributed by atoms with Gasteiger partial charge in [-0.05, 0) is 60.1 Å². The summed E-state index contributed by atoms with van der Waals surface area (Å²) in [5.41, 5.74) is 1.40. The van der Waals surface area contributed by atoms with Crippen LogP contribution < -0.4 is 5.32 Å². The molecule has 0 aliphatic rings. The third kappa shape index (κ3) is 4.46. The van der Waals surface area contributed by atoms with Crippen LogP contribution in [-0.2, 0) is 13.0 Å². The van der Waals surface area contributed by atoms with Gasteiger partial charge in [0.05, 0.1) is 6.54 Å². The summed E-state index contributed by atoms with van der Waals surface area (Å²) >= 11 is 2.19. The van der Waals surface area contributed by atoms with Crippen molar-refractivity contribution in [3.05, 3.63) is 57.6 Å². The van der Waals surface area contributed by atoms with Gasteiger partial charge in [0.15, 0.2) is 3.77 Å². The van der Waals surface area contributed by atoms with E-state index in [1.165, 1.54) is 5.56 Å². The summed E-state index contributed by atoms with van der Waals surface area (Å²) in [5, 5.41) is 3.49. The zero-order valence-corrected chi connectivity index (χ0v) is 12.7. The molecule has 0 saturated carbocycles. The average Bonchev–Trinajstić information content (AvgIpc) is 2.81. The summed E-state index contributed by atoms with van der Waals surface area (Å²) in [6.07, 6.45) is 2.26. The van der Waals surface area contributed by atoms with Gasteiger partial charge in [-0.25, -0.2) is 0 Å². The van der Waals surface area contributed by atoms with Crippen LogP contribution in [0.2, 0.25) is 0 Å². The second-order valence-corrected chi connectivity index (χ2v) is 5.58. The summed E-state index contributed by atoms with van der Waals surface area (Å²) in [7, 11) is 0. The Morgan fingerprint density at radius 2 is 1.94 bits per heavy atom. The number of rotatable bonds is 6. The largest absolute Gasteiger partial charge is 0.454 e. The van der Waals surface area contributed by atoms with Crippen molar-refractivity contribution in [1.29, 1.82) is 0 Å². The van der Waals surface area contributed by atoms with E-state index >= 15 is 0 Å². The molecule has 0 radical (unpaired) electrons. The van der Waals surface area contributed by atoms with Gasteiger partial charge in [-0.2, -0.15) is 0 Å². The van der Waals surface area contributed by atoms with E-state index in [9.17, 15) is 0 Å². The maximum Gasteiger partial charge on any atom is 0.164 e. The van der Waals surface area contributed by atoms with Gasteiger partial charge in [-0.3, -0.25) is 0 Å². The molecule has 1 heterocycles. The van der Waals surface area contributed by atoms with Crippen molar-refractivity contribution in [3.63, 3.8) is 0 Å². The van der Waals surface area contributed by atoms with Gasteiger partial charge in [0.25, 0.3) is 0 Å². The standard InChI is InChI=1S/C15H18INO/c1-12(7-8-13-5-3-2-4-6-13)17-11-14-9-10-15(16)18-14/h2-6,9-10,12,17H,7-8,11H2,1H3. The number of benzene rings is 1. The predicted molar refractivity (Wildman–Crippen MR) is 82.5 cm³/mol. The first kappa shape index (κ1) is 13.6. The summed E-state index contributed by atoms with van der Waals surface area (Å²) in [6.45, 7) is 3.02. The molecule has 3 heteroatoms. The van der Waals surface area contributed by atoms with Crippen LogP contribution in [0, 0.1) is 3.77 Å². The van der Waals surface area contributed by atoms with Gasteiger partial charge in [-0.15, -0.1) is 0 Å². The Morgan fingerprint density at radius 1 is 1.17 bits per heavy atom. The van der Waals surface area contributed by atoms with Crippen LogP contribution in [0.5, 0.6) is 0 Å². The van der Waals surface area contributed by atoms with Crippen LogP contribution in [0.15, 0.2) is 46.9 Å². The molecule has 18 heavy (non-hydrogen) atoms. The molecule has 0 amide bonds. The highest BCUT2D eigenvalue weighted by molar-refractivity contribution is 14.1. The molecule has 1 aromatic heterocycles. The molecule has 0 aliphatic heterocycles. The average molecular weight is 355 g/mol. The molecule has 1 N–H and O–H groups in total. The fourth-order valence-electron chi connectivity index (χ4n) is 1.85. The van der Waals surface area contributed by atoms with Crippen molar-refractivity contribution in [1.82, 2.24) is 5.32 Å². The molecule has 1 unspecified atom stereocenters. The van der Waals surface area contributed by atoms with Crippen molar-refractivity contribution in [2.24, 2.45) is 0 Å². The van der Waals surface area contributed by atoms with E-state index in [2.05, 4.69) is 65.2 Å². The lowest BCUT2D eigenvalue weighted by molar-refractivity contribution is 0.432. The van der Waals surface area contributed by atoms with Gasteiger partial charge < -0.3 is 9.73 Å². The van der Waals surface area contributed by atoms with E-state index in [4.69, 9.17) is 4.42 Å². The van der Waals surface area contributed by atoms with Crippen molar-refractivity contribution >= 4 is 22.6 Å². The van der Waals surface area contributed by atoms with Crippen molar-refractivity contribution < 1.29 is 4.42 Å². The molecule has 2 aromatic rings. The molecule has 0 saturated heterocycles. The molecular formula is C15H18INO. The number of hydrogen-bond donors (Lipinski definition) is 1. The minimum Gasteiger partial charge on any atom is -0.454 e. The third-order valence-electron chi connectivity index (χ3n) is 2.96. The Bertz CT molecular complexity index is 466. The number of hydrogen-bond acceptors (Lipinski definition) is 2. The molecule has 2 nitrogen and oxygen atoms in total. The zero-order chi connectivity index (χ0) is 12.8. The molecule has 0 bridgehead atoms. The van der Waals surface area contributed by atoms with Crippen LogP contribution >= 0.6 is 22.6 Å². The van der Waals surface area contributed by atoms with E-state index in [1.807, 2.05) is 12.1 Å². The fourth-order valence-corrected chi connectivity index (χ4v) is 2.31. The summed E-state index contributed by atoms with van der Waals surface area (Å²) < 4.78 is 6.47. The highest BCUT2D eigenvalue weighted by atomic mass is 127. The smallest absolute Gasteiger partial charge is 0.164 e. The van der Waals surface area contributed by atoms with Crippen molar-refractivity contribution in [3.8, 4) is 0 Å². The minimum atomic E-state index is 0.493. The second-order valence-electron chi connectivity index (χ2n) is 4.51. The Morgan fingerprint density at radius 3 is 2.61 bits per heavy atom. The van der Waals surface area contributed by atoms with E-state index < -0.39 is 0 Å². The number of aryl methyl sites for hydroxylation is 1. The molecular weight excluding hydrogens is 337 g/mol. The molecule has 1 aromatic carbocycles. The Kier molecular flexibility index (Phi) is 5.26. The summed E-state index contributed by atoms with van der Waals surface area (Å²) in [5.74, 6) is 1.01. The van der Waals surface area contributed by atoms with E-state index in [-0.39, 0.29) is 0 Å². The topological polar surface area (TPSA) is 25.2 Å². The first-order chi connectivity index (χ1) is 8.74. The van der Waals surface area contributed by atoms with Gasteiger partial charge in [0.1, 0.15) is 5.76 Å². The van der Waals surface area contributed by atoms with Crippen LogP contribution in [0.3, 0.4) is 0 Å². The SMILES string of the molecule is CC(CCc1ccccc1)NCc1ccc(I)o1. The van der Waals surface area contributed by atoms with Gasteiger partial charge in [-0.1, -0.05) is 30.3 Å². The van der Waals surface area contributed by atoms with Crippen LogP contribution in [0.1, 0.15) is 24.7 Å². The predicted octanol–water partition coefficient (Wildman–Crippen LogP) is 4.00. The fraction of sp³-hybridized carbons (Fsp3) is 0.333. The lowest BCUT2D eigenvalue weighted by atomic mass is 10.1.